The normalized spacial score (nSPS) is 19.4. The van der Waals surface area contributed by atoms with Gasteiger partial charge in [-0.2, -0.15) is 0 Å². The van der Waals surface area contributed by atoms with Crippen LogP contribution in [0.3, 0.4) is 0 Å². The van der Waals surface area contributed by atoms with Gasteiger partial charge in [0.25, 0.3) is 0 Å². The molecule has 0 radical (unpaired) electrons. The lowest BCUT2D eigenvalue weighted by molar-refractivity contribution is 0.371. The van der Waals surface area contributed by atoms with Gasteiger partial charge in [-0.25, -0.2) is 0 Å². The van der Waals surface area contributed by atoms with Crippen molar-refractivity contribution in [2.45, 2.75) is 13.3 Å². The molecule has 1 aliphatic heterocycles. The molecule has 1 aliphatic rings. The summed E-state index contributed by atoms with van der Waals surface area (Å²) in [5, 5.41) is 4.23. The SMILES string of the molecule is CCCO[SH]1C=CC=C1. The first kappa shape index (κ1) is 6.90. The second-order valence-corrected chi connectivity index (χ2v) is 3.45. The van der Waals surface area contributed by atoms with Crippen LogP contribution in [0, 0.1) is 0 Å². The van der Waals surface area contributed by atoms with E-state index in [-0.39, 0.29) is 11.2 Å². The van der Waals surface area contributed by atoms with Crippen LogP contribution in [0.1, 0.15) is 13.3 Å². The summed E-state index contributed by atoms with van der Waals surface area (Å²) in [5.74, 6) is 0. The number of thiol groups is 1. The Morgan fingerprint density at radius 1 is 1.33 bits per heavy atom. The van der Waals surface area contributed by atoms with E-state index in [4.69, 9.17) is 4.18 Å². The standard InChI is InChI=1S/C7H12OS/c1-2-5-8-9-6-3-4-7-9/h3-4,6-7,9H,2,5H2,1H3. The summed E-state index contributed by atoms with van der Waals surface area (Å²) in [7, 11) is 0. The van der Waals surface area contributed by atoms with E-state index in [1.807, 2.05) is 12.2 Å². The molecule has 1 nitrogen and oxygen atoms in total. The highest BCUT2D eigenvalue weighted by Gasteiger charge is 1.95. The summed E-state index contributed by atoms with van der Waals surface area (Å²) in [4.78, 5) is 0. The smallest absolute Gasteiger partial charge is 0.0594 e. The van der Waals surface area contributed by atoms with Crippen LogP contribution in [-0.4, -0.2) is 6.61 Å². The molecule has 52 valence electrons. The van der Waals surface area contributed by atoms with Crippen LogP contribution >= 0.6 is 11.2 Å². The van der Waals surface area contributed by atoms with Crippen LogP contribution in [0.15, 0.2) is 23.0 Å². The van der Waals surface area contributed by atoms with E-state index in [1.165, 1.54) is 0 Å². The fraction of sp³-hybridized carbons (Fsp3) is 0.429. The third kappa shape index (κ3) is 2.24. The van der Waals surface area contributed by atoms with Crippen LogP contribution in [0.2, 0.25) is 0 Å². The molecule has 0 N–H and O–H groups in total. The first-order valence-corrected chi connectivity index (χ1v) is 4.59. The van der Waals surface area contributed by atoms with E-state index < -0.39 is 0 Å². The maximum atomic E-state index is 5.44. The molecule has 0 saturated carbocycles. The van der Waals surface area contributed by atoms with Gasteiger partial charge in [0.1, 0.15) is 0 Å². The van der Waals surface area contributed by atoms with Gasteiger partial charge < -0.3 is 4.18 Å². The minimum absolute atomic E-state index is 0.312. The van der Waals surface area contributed by atoms with Crippen molar-refractivity contribution in [2.75, 3.05) is 6.61 Å². The molecule has 1 heterocycles. The topological polar surface area (TPSA) is 9.23 Å². The minimum Gasteiger partial charge on any atom is -0.332 e. The number of allylic oxidation sites excluding steroid dienone is 2. The molecule has 9 heavy (non-hydrogen) atoms. The van der Waals surface area contributed by atoms with E-state index in [0.29, 0.717) is 0 Å². The van der Waals surface area contributed by atoms with Crippen molar-refractivity contribution in [1.82, 2.24) is 0 Å². The third-order valence-electron chi connectivity index (χ3n) is 1.02. The van der Waals surface area contributed by atoms with Crippen LogP contribution in [0.4, 0.5) is 0 Å². The molecular weight excluding hydrogens is 132 g/mol. The van der Waals surface area contributed by atoms with Crippen LogP contribution in [0.5, 0.6) is 0 Å². The summed E-state index contributed by atoms with van der Waals surface area (Å²) >= 11 is -0.312. The fourth-order valence-electron chi connectivity index (χ4n) is 0.601. The maximum Gasteiger partial charge on any atom is 0.0594 e. The molecular formula is C7H12OS. The molecule has 0 aromatic heterocycles. The van der Waals surface area contributed by atoms with Gasteiger partial charge >= 0.3 is 0 Å². The Kier molecular flexibility index (Phi) is 2.87. The monoisotopic (exact) mass is 144 g/mol. The van der Waals surface area contributed by atoms with Gasteiger partial charge in [-0.3, -0.25) is 0 Å². The van der Waals surface area contributed by atoms with Crippen molar-refractivity contribution in [3.8, 4) is 0 Å². The van der Waals surface area contributed by atoms with Gasteiger partial charge in [-0.15, -0.1) is 11.2 Å². The zero-order valence-electron chi connectivity index (χ0n) is 5.58. The van der Waals surface area contributed by atoms with E-state index >= 15 is 0 Å². The van der Waals surface area contributed by atoms with Crippen molar-refractivity contribution in [2.24, 2.45) is 0 Å². The van der Waals surface area contributed by atoms with Gasteiger partial charge in [0.05, 0.1) is 6.61 Å². The van der Waals surface area contributed by atoms with E-state index in [1.54, 1.807) is 0 Å². The molecule has 0 fully saturated rings. The molecule has 0 unspecified atom stereocenters. The molecule has 0 bridgehead atoms. The Morgan fingerprint density at radius 2 is 2.00 bits per heavy atom. The summed E-state index contributed by atoms with van der Waals surface area (Å²) < 4.78 is 5.44. The summed E-state index contributed by atoms with van der Waals surface area (Å²) in [6.45, 7) is 3.01. The highest BCUT2D eigenvalue weighted by Crippen LogP contribution is 2.33. The van der Waals surface area contributed by atoms with Crippen molar-refractivity contribution < 1.29 is 4.18 Å². The Labute approximate surface area is 59.0 Å². The van der Waals surface area contributed by atoms with Gasteiger partial charge in [0.2, 0.25) is 0 Å². The predicted octanol–water partition coefficient (Wildman–Crippen LogP) is 2.37. The van der Waals surface area contributed by atoms with Crippen molar-refractivity contribution in [3.05, 3.63) is 23.0 Å². The highest BCUT2D eigenvalue weighted by molar-refractivity contribution is 8.18. The highest BCUT2D eigenvalue weighted by atomic mass is 32.2. The quantitative estimate of drug-likeness (QED) is 0.598. The van der Waals surface area contributed by atoms with Crippen LogP contribution in [0.25, 0.3) is 0 Å². The lowest BCUT2D eigenvalue weighted by atomic mass is 10.5. The average molecular weight is 144 g/mol. The molecule has 0 aliphatic carbocycles. The lowest BCUT2D eigenvalue weighted by Crippen LogP contribution is -1.84. The van der Waals surface area contributed by atoms with Gasteiger partial charge in [-0.1, -0.05) is 19.1 Å². The largest absolute Gasteiger partial charge is 0.332 e. The second-order valence-electron chi connectivity index (χ2n) is 1.88. The summed E-state index contributed by atoms with van der Waals surface area (Å²) in [6, 6.07) is 0. The van der Waals surface area contributed by atoms with Crippen molar-refractivity contribution in [1.29, 1.82) is 0 Å². The number of hydrogen-bond donors (Lipinski definition) is 1. The third-order valence-corrected chi connectivity index (χ3v) is 2.43. The zero-order chi connectivity index (χ0) is 6.53. The molecule has 1 rings (SSSR count). The zero-order valence-corrected chi connectivity index (χ0v) is 6.47. The molecule has 2 heteroatoms. The van der Waals surface area contributed by atoms with Gasteiger partial charge in [-0.05, 0) is 17.2 Å². The number of hydrogen-bond acceptors (Lipinski definition) is 1. The predicted molar refractivity (Wildman–Crippen MR) is 43.5 cm³/mol. The van der Waals surface area contributed by atoms with E-state index in [9.17, 15) is 0 Å². The van der Waals surface area contributed by atoms with E-state index in [0.717, 1.165) is 13.0 Å². The number of rotatable bonds is 3. The molecule has 0 saturated heterocycles. The molecule has 0 aromatic rings. The van der Waals surface area contributed by atoms with E-state index in [2.05, 4.69) is 17.7 Å². The lowest BCUT2D eigenvalue weighted by Gasteiger charge is -2.08. The van der Waals surface area contributed by atoms with Gasteiger partial charge in [0, 0.05) is 0 Å². The molecule has 0 amide bonds. The Hall–Kier alpha value is -0.210. The van der Waals surface area contributed by atoms with Gasteiger partial charge in [0.15, 0.2) is 0 Å². The summed E-state index contributed by atoms with van der Waals surface area (Å²) in [6.07, 6.45) is 5.20. The Bertz CT molecular complexity index is 117. The second kappa shape index (κ2) is 3.75. The Balaban J connectivity index is 2.13. The average Bonchev–Trinajstić information content (AvgIpc) is 2.34. The fourth-order valence-corrected chi connectivity index (χ4v) is 1.80. The van der Waals surface area contributed by atoms with Crippen molar-refractivity contribution in [3.63, 3.8) is 0 Å². The van der Waals surface area contributed by atoms with Crippen molar-refractivity contribution >= 4 is 11.2 Å². The maximum absolute atomic E-state index is 5.44. The summed E-state index contributed by atoms with van der Waals surface area (Å²) in [5.41, 5.74) is 0. The van der Waals surface area contributed by atoms with Crippen LogP contribution in [-0.2, 0) is 4.18 Å². The molecule has 0 atom stereocenters. The van der Waals surface area contributed by atoms with Crippen LogP contribution < -0.4 is 0 Å². The molecule has 0 aromatic carbocycles. The Morgan fingerprint density at radius 3 is 2.56 bits per heavy atom. The first-order chi connectivity index (χ1) is 4.43. The minimum atomic E-state index is -0.312. The first-order valence-electron chi connectivity index (χ1n) is 3.19. The molecule has 0 spiro atoms.